The van der Waals surface area contributed by atoms with Crippen LogP contribution in [-0.2, 0) is 25.5 Å². The van der Waals surface area contributed by atoms with Gasteiger partial charge in [0.15, 0.2) is 0 Å². The standard InChI is InChI=1S/C28H31N5O5/c1-2-38-26(35)13-9-21(8-12-25(29)34)31-28(37)24(18-19-6-4-3-5-7-19)33-27(36)23-11-10-22(32-23)20-14-16-30-17-15-20/h3-7,9-11,13-17,21,24,32H,2,8,12,18H2,1H3,(H2,29,34)(H,31,37)(H,33,36)/b13-9+. The molecule has 1 aromatic carbocycles. The molecule has 198 valence electrons. The van der Waals surface area contributed by atoms with Crippen LogP contribution in [0.3, 0.4) is 0 Å². The van der Waals surface area contributed by atoms with E-state index < -0.39 is 35.8 Å². The Morgan fingerprint density at radius 1 is 1.03 bits per heavy atom. The van der Waals surface area contributed by atoms with Crippen molar-refractivity contribution in [1.82, 2.24) is 20.6 Å². The Balaban J connectivity index is 1.78. The lowest BCUT2D eigenvalue weighted by molar-refractivity contribution is -0.137. The molecule has 3 aromatic rings. The Bertz CT molecular complexity index is 1260. The van der Waals surface area contributed by atoms with Crippen LogP contribution in [0.4, 0.5) is 0 Å². The quantitative estimate of drug-likeness (QED) is 0.201. The molecule has 0 bridgehead atoms. The Kier molecular flexibility index (Phi) is 10.3. The van der Waals surface area contributed by atoms with Crippen LogP contribution in [0.25, 0.3) is 11.3 Å². The number of pyridine rings is 1. The van der Waals surface area contributed by atoms with Gasteiger partial charge in [-0.15, -0.1) is 0 Å². The minimum absolute atomic E-state index is 0.00587. The molecule has 3 amide bonds. The molecule has 10 nitrogen and oxygen atoms in total. The number of amides is 3. The normalized spacial score (nSPS) is 12.4. The first-order valence-electron chi connectivity index (χ1n) is 12.2. The number of benzene rings is 1. The van der Waals surface area contributed by atoms with Crippen LogP contribution in [0, 0.1) is 0 Å². The Hall–Kier alpha value is -4.73. The van der Waals surface area contributed by atoms with Gasteiger partial charge in [-0.1, -0.05) is 36.4 Å². The number of aromatic amines is 1. The minimum Gasteiger partial charge on any atom is -0.463 e. The van der Waals surface area contributed by atoms with Gasteiger partial charge in [0, 0.05) is 48.6 Å². The molecule has 0 aliphatic rings. The van der Waals surface area contributed by atoms with Crippen molar-refractivity contribution in [2.75, 3.05) is 6.61 Å². The molecule has 0 aliphatic heterocycles. The highest BCUT2D eigenvalue weighted by Gasteiger charge is 2.24. The second-order valence-electron chi connectivity index (χ2n) is 8.47. The number of carbonyl (C=O) groups excluding carboxylic acids is 4. The fraction of sp³-hybridized carbons (Fsp3) is 0.250. The van der Waals surface area contributed by atoms with E-state index >= 15 is 0 Å². The van der Waals surface area contributed by atoms with Gasteiger partial charge < -0.3 is 26.1 Å². The van der Waals surface area contributed by atoms with Crippen molar-refractivity contribution in [3.63, 3.8) is 0 Å². The van der Waals surface area contributed by atoms with Gasteiger partial charge in [0.25, 0.3) is 5.91 Å². The van der Waals surface area contributed by atoms with Crippen molar-refractivity contribution in [3.05, 3.63) is 90.4 Å². The fourth-order valence-corrected chi connectivity index (χ4v) is 3.71. The molecule has 0 spiro atoms. The molecule has 0 radical (unpaired) electrons. The zero-order valence-electron chi connectivity index (χ0n) is 21.1. The zero-order valence-corrected chi connectivity index (χ0v) is 21.1. The highest BCUT2D eigenvalue weighted by Crippen LogP contribution is 2.17. The number of hydrogen-bond acceptors (Lipinski definition) is 6. The number of ether oxygens (including phenoxy) is 1. The van der Waals surface area contributed by atoms with Crippen molar-refractivity contribution < 1.29 is 23.9 Å². The van der Waals surface area contributed by atoms with Crippen LogP contribution < -0.4 is 16.4 Å². The topological polar surface area (TPSA) is 156 Å². The van der Waals surface area contributed by atoms with E-state index in [0.29, 0.717) is 0 Å². The molecule has 2 heterocycles. The maximum atomic E-state index is 13.4. The molecule has 0 aliphatic carbocycles. The summed E-state index contributed by atoms with van der Waals surface area (Å²) < 4.78 is 4.89. The lowest BCUT2D eigenvalue weighted by atomic mass is 10.0. The lowest BCUT2D eigenvalue weighted by Crippen LogP contribution is -2.50. The number of rotatable bonds is 13. The predicted molar refractivity (Wildman–Crippen MR) is 142 cm³/mol. The minimum atomic E-state index is -0.940. The molecule has 0 saturated carbocycles. The molecule has 2 atom stereocenters. The number of H-pyrrole nitrogens is 1. The summed E-state index contributed by atoms with van der Waals surface area (Å²) in [6, 6.07) is 14.7. The van der Waals surface area contributed by atoms with E-state index in [1.165, 1.54) is 12.2 Å². The third kappa shape index (κ3) is 8.74. The van der Waals surface area contributed by atoms with Crippen LogP contribution in [0.2, 0.25) is 0 Å². The van der Waals surface area contributed by atoms with E-state index in [1.807, 2.05) is 42.5 Å². The largest absolute Gasteiger partial charge is 0.463 e. The first kappa shape index (κ1) is 27.9. The summed E-state index contributed by atoms with van der Waals surface area (Å²) in [6.45, 7) is 1.88. The molecule has 5 N–H and O–H groups in total. The Labute approximate surface area is 220 Å². The van der Waals surface area contributed by atoms with E-state index in [2.05, 4.69) is 20.6 Å². The van der Waals surface area contributed by atoms with Gasteiger partial charge in [-0.3, -0.25) is 19.4 Å². The van der Waals surface area contributed by atoms with Crippen LogP contribution in [-0.4, -0.2) is 52.3 Å². The molecule has 2 unspecified atom stereocenters. The molecule has 3 rings (SSSR count). The number of nitrogens with zero attached hydrogens (tertiary/aromatic N) is 1. The number of nitrogens with one attached hydrogen (secondary N) is 3. The van der Waals surface area contributed by atoms with E-state index in [9.17, 15) is 19.2 Å². The summed E-state index contributed by atoms with van der Waals surface area (Å²) in [5, 5.41) is 5.60. The molecule has 10 heteroatoms. The second-order valence-corrected chi connectivity index (χ2v) is 8.47. The number of esters is 1. The van der Waals surface area contributed by atoms with E-state index in [1.54, 1.807) is 31.5 Å². The third-order valence-corrected chi connectivity index (χ3v) is 5.61. The molecule has 38 heavy (non-hydrogen) atoms. The van der Waals surface area contributed by atoms with Crippen molar-refractivity contribution in [3.8, 4) is 11.3 Å². The van der Waals surface area contributed by atoms with E-state index in [0.717, 1.165) is 16.8 Å². The Morgan fingerprint density at radius 3 is 2.45 bits per heavy atom. The molecule has 0 fully saturated rings. The SMILES string of the molecule is CCOC(=O)/C=C/C(CCC(N)=O)NC(=O)C(Cc1ccccc1)NC(=O)c1ccc(-c2ccncc2)[nH]1. The summed E-state index contributed by atoms with van der Waals surface area (Å²) in [7, 11) is 0. The average molecular weight is 518 g/mol. The van der Waals surface area contributed by atoms with Gasteiger partial charge in [0.1, 0.15) is 11.7 Å². The number of primary amides is 1. The summed E-state index contributed by atoms with van der Waals surface area (Å²) >= 11 is 0. The van der Waals surface area contributed by atoms with E-state index in [-0.39, 0.29) is 31.6 Å². The van der Waals surface area contributed by atoms with Crippen molar-refractivity contribution in [1.29, 1.82) is 0 Å². The first-order chi connectivity index (χ1) is 18.4. The van der Waals surface area contributed by atoms with Gasteiger partial charge in [0.2, 0.25) is 11.8 Å². The number of aromatic nitrogens is 2. The van der Waals surface area contributed by atoms with Crippen molar-refractivity contribution >= 4 is 23.7 Å². The van der Waals surface area contributed by atoms with Crippen LogP contribution >= 0.6 is 0 Å². The van der Waals surface area contributed by atoms with E-state index in [4.69, 9.17) is 10.5 Å². The maximum absolute atomic E-state index is 13.4. The van der Waals surface area contributed by atoms with Crippen LogP contribution in [0.1, 0.15) is 35.8 Å². The molecular formula is C28H31N5O5. The zero-order chi connectivity index (χ0) is 27.3. The number of carbonyl (C=O) groups is 4. The first-order valence-corrected chi connectivity index (χ1v) is 12.2. The smallest absolute Gasteiger partial charge is 0.330 e. The highest BCUT2D eigenvalue weighted by atomic mass is 16.5. The second kappa shape index (κ2) is 14.1. The third-order valence-electron chi connectivity index (χ3n) is 5.61. The van der Waals surface area contributed by atoms with Gasteiger partial charge in [0.05, 0.1) is 6.61 Å². The summed E-state index contributed by atoms with van der Waals surface area (Å²) in [4.78, 5) is 56.7. The van der Waals surface area contributed by atoms with Crippen molar-refractivity contribution in [2.24, 2.45) is 5.73 Å². The fourth-order valence-electron chi connectivity index (χ4n) is 3.71. The van der Waals surface area contributed by atoms with Crippen LogP contribution in [0.15, 0.2) is 79.1 Å². The summed E-state index contributed by atoms with van der Waals surface area (Å²) in [5.41, 5.74) is 8.01. The number of nitrogens with two attached hydrogens (primary N) is 1. The van der Waals surface area contributed by atoms with Gasteiger partial charge in [-0.25, -0.2) is 4.79 Å². The monoisotopic (exact) mass is 517 g/mol. The maximum Gasteiger partial charge on any atom is 0.330 e. The van der Waals surface area contributed by atoms with Gasteiger partial charge in [-0.05, 0) is 43.2 Å². The Morgan fingerprint density at radius 2 is 1.76 bits per heavy atom. The highest BCUT2D eigenvalue weighted by molar-refractivity contribution is 5.97. The molecular weight excluding hydrogens is 486 g/mol. The lowest BCUT2D eigenvalue weighted by Gasteiger charge is -2.22. The predicted octanol–water partition coefficient (Wildman–Crippen LogP) is 2.29. The summed E-state index contributed by atoms with van der Waals surface area (Å²) in [5.74, 6) is -2.06. The van der Waals surface area contributed by atoms with Crippen molar-refractivity contribution in [2.45, 2.75) is 38.3 Å². The molecule has 0 saturated heterocycles. The van der Waals surface area contributed by atoms with Crippen LogP contribution in [0.5, 0.6) is 0 Å². The van der Waals surface area contributed by atoms with Gasteiger partial charge in [-0.2, -0.15) is 0 Å². The summed E-state index contributed by atoms with van der Waals surface area (Å²) in [6.07, 6.45) is 6.35. The number of hydrogen-bond donors (Lipinski definition) is 4. The molecule has 2 aromatic heterocycles. The average Bonchev–Trinajstić information content (AvgIpc) is 3.41. The van der Waals surface area contributed by atoms with Gasteiger partial charge >= 0.3 is 5.97 Å².